The zero-order valence-corrected chi connectivity index (χ0v) is 18.4. The number of anilines is 3. The Morgan fingerprint density at radius 1 is 1.03 bits per heavy atom. The van der Waals surface area contributed by atoms with E-state index >= 15 is 0 Å². The van der Waals surface area contributed by atoms with Crippen molar-refractivity contribution in [1.29, 1.82) is 0 Å². The third-order valence-electron chi connectivity index (χ3n) is 4.99. The summed E-state index contributed by atoms with van der Waals surface area (Å²) in [6, 6.07) is 18.3. The molecular formula is C23H27N5O2S. The molecule has 0 radical (unpaired) electrons. The Balaban J connectivity index is 1.39. The number of hydrogen-bond acceptors (Lipinski definition) is 8. The fourth-order valence-electron chi connectivity index (χ4n) is 3.28. The van der Waals surface area contributed by atoms with E-state index in [9.17, 15) is 0 Å². The summed E-state index contributed by atoms with van der Waals surface area (Å²) in [5.74, 6) is 3.04. The second-order valence-electron chi connectivity index (χ2n) is 7.15. The van der Waals surface area contributed by atoms with Gasteiger partial charge in [0, 0.05) is 25.9 Å². The van der Waals surface area contributed by atoms with Crippen molar-refractivity contribution in [3.63, 3.8) is 0 Å². The standard InChI is InChI=1S/C23H27N5O2S/c1-25-21-20(24)22(28-11-13-29-14-12-28)27-23(26-21)31-16-18-7-9-19(10-8-18)30-15-17-5-3-2-4-6-17/h2-10H,11-16,24H2,1H3,(H,25,26,27). The summed E-state index contributed by atoms with van der Waals surface area (Å²) in [5, 5.41) is 3.78. The SMILES string of the molecule is CNc1nc(SCc2ccc(OCc3ccccc3)cc2)nc(N2CCOCC2)c1N. The maximum Gasteiger partial charge on any atom is 0.191 e. The van der Waals surface area contributed by atoms with Crippen LogP contribution in [-0.2, 0) is 17.1 Å². The van der Waals surface area contributed by atoms with Crippen molar-refractivity contribution < 1.29 is 9.47 Å². The average Bonchev–Trinajstić information content (AvgIpc) is 2.84. The fraction of sp³-hybridized carbons (Fsp3) is 0.304. The van der Waals surface area contributed by atoms with Crippen molar-refractivity contribution in [3.05, 3.63) is 65.7 Å². The number of rotatable bonds is 8. The lowest BCUT2D eigenvalue weighted by atomic mass is 10.2. The van der Waals surface area contributed by atoms with Crippen molar-refractivity contribution in [2.24, 2.45) is 0 Å². The molecule has 162 valence electrons. The van der Waals surface area contributed by atoms with E-state index in [2.05, 4.69) is 39.5 Å². The molecule has 3 aromatic rings. The van der Waals surface area contributed by atoms with Crippen LogP contribution in [0.5, 0.6) is 5.75 Å². The predicted molar refractivity (Wildman–Crippen MR) is 126 cm³/mol. The highest BCUT2D eigenvalue weighted by Crippen LogP contribution is 2.31. The molecular weight excluding hydrogens is 410 g/mol. The number of nitrogens with one attached hydrogen (secondary N) is 1. The van der Waals surface area contributed by atoms with E-state index in [0.717, 1.165) is 36.0 Å². The van der Waals surface area contributed by atoms with Gasteiger partial charge < -0.3 is 25.4 Å². The van der Waals surface area contributed by atoms with Gasteiger partial charge in [0.25, 0.3) is 0 Å². The highest BCUT2D eigenvalue weighted by atomic mass is 32.2. The van der Waals surface area contributed by atoms with Crippen LogP contribution in [0.1, 0.15) is 11.1 Å². The number of nitrogens with zero attached hydrogens (tertiary/aromatic N) is 3. The van der Waals surface area contributed by atoms with Crippen LogP contribution < -0.4 is 20.7 Å². The number of nitrogen functional groups attached to an aromatic ring is 1. The first-order valence-electron chi connectivity index (χ1n) is 10.3. The van der Waals surface area contributed by atoms with Crippen LogP contribution in [0, 0.1) is 0 Å². The van der Waals surface area contributed by atoms with E-state index in [1.807, 2.05) is 37.4 Å². The Hall–Kier alpha value is -2.97. The summed E-state index contributed by atoms with van der Waals surface area (Å²) in [5.41, 5.74) is 9.20. The Morgan fingerprint density at radius 3 is 2.48 bits per heavy atom. The maximum atomic E-state index is 6.29. The number of benzene rings is 2. The molecule has 0 spiro atoms. The van der Waals surface area contributed by atoms with Gasteiger partial charge in [-0.05, 0) is 23.3 Å². The number of morpholine rings is 1. The van der Waals surface area contributed by atoms with Gasteiger partial charge in [-0.15, -0.1) is 0 Å². The number of ether oxygens (including phenoxy) is 2. The molecule has 1 aromatic heterocycles. The molecule has 1 saturated heterocycles. The van der Waals surface area contributed by atoms with Crippen molar-refractivity contribution in [1.82, 2.24) is 9.97 Å². The molecule has 0 saturated carbocycles. The van der Waals surface area contributed by atoms with Crippen molar-refractivity contribution in [2.45, 2.75) is 17.5 Å². The quantitative estimate of drug-likeness (QED) is 0.406. The van der Waals surface area contributed by atoms with Crippen LogP contribution in [-0.4, -0.2) is 43.3 Å². The van der Waals surface area contributed by atoms with Gasteiger partial charge in [0.05, 0.1) is 13.2 Å². The zero-order valence-electron chi connectivity index (χ0n) is 17.6. The Bertz CT molecular complexity index is 979. The van der Waals surface area contributed by atoms with E-state index in [0.29, 0.717) is 36.5 Å². The molecule has 0 amide bonds. The minimum absolute atomic E-state index is 0.561. The van der Waals surface area contributed by atoms with E-state index in [-0.39, 0.29) is 0 Å². The first kappa shape index (κ1) is 21.3. The normalized spacial score (nSPS) is 13.8. The molecule has 0 aliphatic carbocycles. The Kier molecular flexibility index (Phi) is 7.11. The summed E-state index contributed by atoms with van der Waals surface area (Å²) < 4.78 is 11.3. The summed E-state index contributed by atoms with van der Waals surface area (Å²) in [6.45, 7) is 3.47. The van der Waals surface area contributed by atoms with Crippen LogP contribution in [0.15, 0.2) is 59.8 Å². The summed E-state index contributed by atoms with van der Waals surface area (Å²) >= 11 is 1.59. The number of thioether (sulfide) groups is 1. The van der Waals surface area contributed by atoms with Crippen LogP contribution in [0.25, 0.3) is 0 Å². The number of hydrogen-bond donors (Lipinski definition) is 2. The summed E-state index contributed by atoms with van der Waals surface area (Å²) in [7, 11) is 1.82. The lowest BCUT2D eigenvalue weighted by molar-refractivity contribution is 0.122. The highest BCUT2D eigenvalue weighted by molar-refractivity contribution is 7.98. The van der Waals surface area contributed by atoms with Crippen LogP contribution in [0.4, 0.5) is 17.3 Å². The molecule has 1 fully saturated rings. The van der Waals surface area contributed by atoms with Crippen molar-refractivity contribution in [2.75, 3.05) is 49.3 Å². The molecule has 1 aliphatic rings. The number of nitrogens with two attached hydrogens (primary N) is 1. The largest absolute Gasteiger partial charge is 0.489 e. The van der Waals surface area contributed by atoms with Crippen LogP contribution in [0.2, 0.25) is 0 Å². The highest BCUT2D eigenvalue weighted by Gasteiger charge is 2.19. The van der Waals surface area contributed by atoms with Gasteiger partial charge in [-0.25, -0.2) is 9.97 Å². The van der Waals surface area contributed by atoms with Crippen molar-refractivity contribution in [3.8, 4) is 5.75 Å². The third kappa shape index (κ3) is 5.59. The lowest BCUT2D eigenvalue weighted by Crippen LogP contribution is -2.37. The molecule has 2 heterocycles. The second kappa shape index (κ2) is 10.4. The fourth-order valence-corrected chi connectivity index (χ4v) is 4.07. The molecule has 1 aliphatic heterocycles. The molecule has 0 atom stereocenters. The van der Waals surface area contributed by atoms with Crippen molar-refractivity contribution >= 4 is 29.1 Å². The van der Waals surface area contributed by atoms with E-state index < -0.39 is 0 Å². The Labute approximate surface area is 187 Å². The topological polar surface area (TPSA) is 85.5 Å². The summed E-state index contributed by atoms with van der Waals surface area (Å²) in [4.78, 5) is 11.5. The maximum absolute atomic E-state index is 6.29. The minimum Gasteiger partial charge on any atom is -0.489 e. The van der Waals surface area contributed by atoms with Gasteiger partial charge in [-0.1, -0.05) is 54.2 Å². The molecule has 31 heavy (non-hydrogen) atoms. The molecule has 0 bridgehead atoms. The van der Waals surface area contributed by atoms with Crippen LogP contribution in [0.3, 0.4) is 0 Å². The third-order valence-corrected chi connectivity index (χ3v) is 5.91. The molecule has 4 rings (SSSR count). The van der Waals surface area contributed by atoms with Gasteiger partial charge in [-0.2, -0.15) is 0 Å². The molecule has 2 aromatic carbocycles. The minimum atomic E-state index is 0.561. The number of aromatic nitrogens is 2. The zero-order chi connectivity index (χ0) is 21.5. The first-order valence-corrected chi connectivity index (χ1v) is 11.3. The molecule has 8 heteroatoms. The average molecular weight is 438 g/mol. The van der Waals surface area contributed by atoms with Gasteiger partial charge in [-0.3, -0.25) is 0 Å². The molecule has 0 unspecified atom stereocenters. The Morgan fingerprint density at radius 2 is 1.77 bits per heavy atom. The molecule has 7 nitrogen and oxygen atoms in total. The van der Waals surface area contributed by atoms with Gasteiger partial charge in [0.15, 0.2) is 16.8 Å². The van der Waals surface area contributed by atoms with E-state index in [4.69, 9.17) is 20.2 Å². The lowest BCUT2D eigenvalue weighted by Gasteiger charge is -2.29. The second-order valence-corrected chi connectivity index (χ2v) is 8.09. The molecule has 3 N–H and O–H groups in total. The van der Waals surface area contributed by atoms with Gasteiger partial charge >= 0.3 is 0 Å². The van der Waals surface area contributed by atoms with Gasteiger partial charge in [0.1, 0.15) is 18.0 Å². The van der Waals surface area contributed by atoms with E-state index in [1.165, 1.54) is 5.56 Å². The first-order chi connectivity index (χ1) is 15.2. The predicted octanol–water partition coefficient (Wildman–Crippen LogP) is 3.81. The monoisotopic (exact) mass is 437 g/mol. The van der Waals surface area contributed by atoms with E-state index in [1.54, 1.807) is 11.8 Å². The van der Waals surface area contributed by atoms with Gasteiger partial charge in [0.2, 0.25) is 0 Å². The van der Waals surface area contributed by atoms with Crippen LogP contribution >= 0.6 is 11.8 Å². The smallest absolute Gasteiger partial charge is 0.191 e. The summed E-state index contributed by atoms with van der Waals surface area (Å²) in [6.07, 6.45) is 0.